The van der Waals surface area contributed by atoms with E-state index in [1.165, 1.54) is 0 Å². The van der Waals surface area contributed by atoms with Gasteiger partial charge in [0.1, 0.15) is 5.75 Å². The Morgan fingerprint density at radius 2 is 1.65 bits per heavy atom. The number of halogens is 1. The molecule has 0 bridgehead atoms. The molecule has 0 spiro atoms. The second-order valence-corrected chi connectivity index (χ2v) is 5.64. The van der Waals surface area contributed by atoms with E-state index in [1.807, 2.05) is 31.2 Å². The third kappa shape index (κ3) is 5.41. The molecule has 0 aliphatic carbocycles. The lowest BCUT2D eigenvalue weighted by atomic mass is 10.2. The van der Waals surface area contributed by atoms with Crippen LogP contribution in [0, 0.1) is 0 Å². The van der Waals surface area contributed by atoms with Crippen LogP contribution in [0.4, 0.5) is 5.69 Å². The van der Waals surface area contributed by atoms with Gasteiger partial charge in [-0.1, -0.05) is 28.1 Å². The second-order valence-electron chi connectivity index (χ2n) is 4.72. The van der Waals surface area contributed by atoms with E-state index in [1.54, 1.807) is 24.3 Å². The van der Waals surface area contributed by atoms with Crippen molar-refractivity contribution in [3.63, 3.8) is 0 Å². The van der Waals surface area contributed by atoms with Gasteiger partial charge in [-0.15, -0.1) is 0 Å². The van der Waals surface area contributed by atoms with Crippen LogP contribution in [0.15, 0.2) is 53.0 Å². The first-order valence-electron chi connectivity index (χ1n) is 7.15. The van der Waals surface area contributed by atoms with E-state index in [4.69, 9.17) is 4.74 Å². The molecule has 0 aliphatic heterocycles. The van der Waals surface area contributed by atoms with Crippen LogP contribution in [0.25, 0.3) is 0 Å². The van der Waals surface area contributed by atoms with E-state index in [9.17, 15) is 9.59 Å². The van der Waals surface area contributed by atoms with Gasteiger partial charge >= 0.3 is 11.8 Å². The summed E-state index contributed by atoms with van der Waals surface area (Å²) in [5, 5.41) is 5.12. The zero-order valence-electron chi connectivity index (χ0n) is 12.6. The normalized spacial score (nSPS) is 10.0. The average Bonchev–Trinajstić information content (AvgIpc) is 2.56. The van der Waals surface area contributed by atoms with Gasteiger partial charge in [0.05, 0.1) is 6.61 Å². The van der Waals surface area contributed by atoms with Crippen LogP contribution in [-0.4, -0.2) is 18.4 Å². The maximum absolute atomic E-state index is 11.8. The highest BCUT2D eigenvalue weighted by Crippen LogP contribution is 2.14. The summed E-state index contributed by atoms with van der Waals surface area (Å²) in [6.45, 7) is 2.80. The first-order valence-corrected chi connectivity index (χ1v) is 7.94. The maximum Gasteiger partial charge on any atom is 0.313 e. The third-order valence-electron chi connectivity index (χ3n) is 3.00. The van der Waals surface area contributed by atoms with Crippen molar-refractivity contribution in [2.24, 2.45) is 0 Å². The molecular weight excluding hydrogens is 360 g/mol. The number of amides is 2. The molecule has 0 saturated carbocycles. The topological polar surface area (TPSA) is 67.4 Å². The van der Waals surface area contributed by atoms with E-state index in [2.05, 4.69) is 26.6 Å². The van der Waals surface area contributed by atoms with Crippen LogP contribution in [0.2, 0.25) is 0 Å². The molecule has 23 heavy (non-hydrogen) atoms. The zero-order valence-corrected chi connectivity index (χ0v) is 14.2. The molecule has 6 heteroatoms. The van der Waals surface area contributed by atoms with Crippen molar-refractivity contribution in [2.45, 2.75) is 13.5 Å². The van der Waals surface area contributed by atoms with Crippen LogP contribution in [-0.2, 0) is 16.1 Å². The van der Waals surface area contributed by atoms with Crippen molar-refractivity contribution in [3.05, 3.63) is 58.6 Å². The Morgan fingerprint density at radius 3 is 2.26 bits per heavy atom. The highest BCUT2D eigenvalue weighted by Gasteiger charge is 2.13. The molecule has 2 aromatic carbocycles. The van der Waals surface area contributed by atoms with Crippen molar-refractivity contribution >= 4 is 33.4 Å². The molecule has 0 unspecified atom stereocenters. The van der Waals surface area contributed by atoms with Gasteiger partial charge < -0.3 is 15.4 Å². The molecule has 2 rings (SSSR count). The minimum absolute atomic E-state index is 0.277. The Balaban J connectivity index is 1.83. The van der Waals surface area contributed by atoms with E-state index in [0.29, 0.717) is 12.3 Å². The molecule has 0 aromatic heterocycles. The predicted octanol–water partition coefficient (Wildman–Crippen LogP) is 3.10. The summed E-state index contributed by atoms with van der Waals surface area (Å²) in [4.78, 5) is 23.6. The Labute approximate surface area is 143 Å². The average molecular weight is 377 g/mol. The number of benzene rings is 2. The lowest BCUT2D eigenvalue weighted by Gasteiger charge is -2.08. The number of carbonyl (C=O) groups excluding carboxylic acids is 2. The van der Waals surface area contributed by atoms with Crippen molar-refractivity contribution in [1.29, 1.82) is 0 Å². The summed E-state index contributed by atoms with van der Waals surface area (Å²) in [6.07, 6.45) is 0. The maximum atomic E-state index is 11.8. The van der Waals surface area contributed by atoms with Crippen LogP contribution in [0.5, 0.6) is 5.75 Å². The van der Waals surface area contributed by atoms with Crippen LogP contribution < -0.4 is 15.4 Å². The van der Waals surface area contributed by atoms with Gasteiger partial charge in [-0.05, 0) is 48.9 Å². The van der Waals surface area contributed by atoms with Crippen molar-refractivity contribution in [1.82, 2.24) is 5.32 Å². The number of anilines is 1. The standard InChI is InChI=1S/C17H17BrN2O3/c1-2-23-15-9-3-12(4-10-15)11-19-16(21)17(22)20-14-7-5-13(18)6-8-14/h3-10H,2,11H2,1H3,(H,19,21)(H,20,22). The van der Waals surface area contributed by atoms with Gasteiger partial charge in [0.15, 0.2) is 0 Å². The fraction of sp³-hybridized carbons (Fsp3) is 0.176. The molecule has 120 valence electrons. The Hall–Kier alpha value is -2.34. The molecular formula is C17H17BrN2O3. The highest BCUT2D eigenvalue weighted by molar-refractivity contribution is 9.10. The quantitative estimate of drug-likeness (QED) is 0.787. The first-order chi connectivity index (χ1) is 11.1. The fourth-order valence-electron chi connectivity index (χ4n) is 1.85. The summed E-state index contributed by atoms with van der Waals surface area (Å²) in [7, 11) is 0. The Bertz CT molecular complexity index is 669. The lowest BCUT2D eigenvalue weighted by Crippen LogP contribution is -2.34. The SMILES string of the molecule is CCOc1ccc(CNC(=O)C(=O)Nc2ccc(Br)cc2)cc1. The molecule has 2 amide bonds. The Kier molecular flexibility index (Phi) is 6.17. The lowest BCUT2D eigenvalue weighted by molar-refractivity contribution is -0.136. The summed E-state index contributed by atoms with van der Waals surface area (Å²) in [6, 6.07) is 14.3. The van der Waals surface area contributed by atoms with Gasteiger partial charge in [0, 0.05) is 16.7 Å². The van der Waals surface area contributed by atoms with Gasteiger partial charge in [-0.25, -0.2) is 0 Å². The molecule has 0 saturated heterocycles. The minimum atomic E-state index is -0.696. The van der Waals surface area contributed by atoms with Crippen molar-refractivity contribution in [3.8, 4) is 5.75 Å². The molecule has 5 nitrogen and oxygen atoms in total. The van der Waals surface area contributed by atoms with Crippen LogP contribution in [0.3, 0.4) is 0 Å². The molecule has 0 fully saturated rings. The predicted molar refractivity (Wildman–Crippen MR) is 92.2 cm³/mol. The smallest absolute Gasteiger partial charge is 0.313 e. The third-order valence-corrected chi connectivity index (χ3v) is 3.52. The van der Waals surface area contributed by atoms with Crippen molar-refractivity contribution < 1.29 is 14.3 Å². The van der Waals surface area contributed by atoms with Crippen LogP contribution in [0.1, 0.15) is 12.5 Å². The summed E-state index contributed by atoms with van der Waals surface area (Å²) >= 11 is 3.31. The highest BCUT2D eigenvalue weighted by atomic mass is 79.9. The molecule has 0 atom stereocenters. The number of carbonyl (C=O) groups is 2. The molecule has 0 heterocycles. The summed E-state index contributed by atoms with van der Waals surface area (Å²) in [5.41, 5.74) is 1.45. The van der Waals surface area contributed by atoms with Gasteiger partial charge in [-0.3, -0.25) is 9.59 Å². The van der Waals surface area contributed by atoms with Gasteiger partial charge in [0.25, 0.3) is 0 Å². The Morgan fingerprint density at radius 1 is 1.00 bits per heavy atom. The van der Waals surface area contributed by atoms with E-state index in [0.717, 1.165) is 15.8 Å². The summed E-state index contributed by atoms with van der Waals surface area (Å²) in [5.74, 6) is -0.601. The second kappa shape index (κ2) is 8.33. The summed E-state index contributed by atoms with van der Waals surface area (Å²) < 4.78 is 6.24. The number of hydrogen-bond donors (Lipinski definition) is 2. The van der Waals surface area contributed by atoms with Gasteiger partial charge in [-0.2, -0.15) is 0 Å². The molecule has 2 N–H and O–H groups in total. The van der Waals surface area contributed by atoms with E-state index >= 15 is 0 Å². The number of hydrogen-bond acceptors (Lipinski definition) is 3. The van der Waals surface area contributed by atoms with Crippen LogP contribution >= 0.6 is 15.9 Å². The van der Waals surface area contributed by atoms with E-state index in [-0.39, 0.29) is 6.54 Å². The number of rotatable bonds is 5. The fourth-order valence-corrected chi connectivity index (χ4v) is 2.12. The van der Waals surface area contributed by atoms with E-state index < -0.39 is 11.8 Å². The van der Waals surface area contributed by atoms with Crippen molar-refractivity contribution in [2.75, 3.05) is 11.9 Å². The van der Waals surface area contributed by atoms with Gasteiger partial charge in [0.2, 0.25) is 0 Å². The zero-order chi connectivity index (χ0) is 16.7. The first kappa shape index (κ1) is 17.0. The number of nitrogens with one attached hydrogen (secondary N) is 2. The monoisotopic (exact) mass is 376 g/mol. The minimum Gasteiger partial charge on any atom is -0.494 e. The molecule has 2 aromatic rings. The molecule has 0 radical (unpaired) electrons. The molecule has 0 aliphatic rings. The largest absolute Gasteiger partial charge is 0.494 e. The number of ether oxygens (including phenoxy) is 1.